The summed E-state index contributed by atoms with van der Waals surface area (Å²) in [5.74, 6) is 0.863. The predicted molar refractivity (Wildman–Crippen MR) is 81.8 cm³/mol. The SMILES string of the molecule is OCc1ccc2c(c1)CN(C[C@@]1(O)CNCCOC1)CCO2. The summed E-state index contributed by atoms with van der Waals surface area (Å²) in [6, 6.07) is 5.76. The third-order valence-electron chi connectivity index (χ3n) is 4.13. The van der Waals surface area contributed by atoms with Crippen LogP contribution >= 0.6 is 0 Å². The van der Waals surface area contributed by atoms with Crippen LogP contribution in [-0.2, 0) is 17.9 Å². The van der Waals surface area contributed by atoms with Gasteiger partial charge in [-0.25, -0.2) is 0 Å². The summed E-state index contributed by atoms with van der Waals surface area (Å²) in [4.78, 5) is 2.18. The molecule has 0 amide bonds. The number of nitrogens with one attached hydrogen (secondary N) is 1. The second-order valence-corrected chi connectivity index (χ2v) is 6.11. The zero-order valence-electron chi connectivity index (χ0n) is 12.8. The highest BCUT2D eigenvalue weighted by molar-refractivity contribution is 5.37. The molecule has 122 valence electrons. The van der Waals surface area contributed by atoms with Crippen molar-refractivity contribution in [1.29, 1.82) is 0 Å². The smallest absolute Gasteiger partial charge is 0.123 e. The first-order valence-electron chi connectivity index (χ1n) is 7.77. The Balaban J connectivity index is 1.71. The molecule has 1 aromatic carbocycles. The van der Waals surface area contributed by atoms with Gasteiger partial charge in [-0.1, -0.05) is 6.07 Å². The van der Waals surface area contributed by atoms with E-state index in [1.807, 2.05) is 18.2 Å². The highest BCUT2D eigenvalue weighted by Gasteiger charge is 2.32. The number of rotatable bonds is 3. The Morgan fingerprint density at radius 3 is 3.09 bits per heavy atom. The van der Waals surface area contributed by atoms with Crippen LogP contribution in [0.1, 0.15) is 11.1 Å². The first-order valence-corrected chi connectivity index (χ1v) is 7.77. The van der Waals surface area contributed by atoms with Gasteiger partial charge in [0.05, 0.1) is 19.8 Å². The minimum atomic E-state index is -0.879. The molecule has 1 fully saturated rings. The lowest BCUT2D eigenvalue weighted by molar-refractivity contribution is -0.0506. The maximum absolute atomic E-state index is 10.7. The number of aliphatic hydroxyl groups excluding tert-OH is 1. The van der Waals surface area contributed by atoms with Gasteiger partial charge in [0.15, 0.2) is 0 Å². The van der Waals surface area contributed by atoms with Crippen molar-refractivity contribution in [2.75, 3.05) is 46.0 Å². The molecule has 2 heterocycles. The fraction of sp³-hybridized carbons (Fsp3) is 0.625. The van der Waals surface area contributed by atoms with E-state index in [0.29, 0.717) is 39.5 Å². The normalized spacial score (nSPS) is 26.6. The van der Waals surface area contributed by atoms with Gasteiger partial charge in [0.1, 0.15) is 18.0 Å². The van der Waals surface area contributed by atoms with Crippen molar-refractivity contribution in [2.45, 2.75) is 18.8 Å². The maximum atomic E-state index is 10.7. The lowest BCUT2D eigenvalue weighted by Gasteiger charge is -2.32. The van der Waals surface area contributed by atoms with Crippen LogP contribution < -0.4 is 10.1 Å². The number of ether oxygens (including phenoxy) is 2. The maximum Gasteiger partial charge on any atom is 0.123 e. The van der Waals surface area contributed by atoms with Gasteiger partial charge in [-0.05, 0) is 17.7 Å². The van der Waals surface area contributed by atoms with Crippen molar-refractivity contribution in [2.24, 2.45) is 0 Å². The number of β-amino-alcohol motifs (C(OH)–C–C–N with tert-alkyl or cyclic N) is 1. The number of fused-ring (bicyclic) bond motifs is 1. The largest absolute Gasteiger partial charge is 0.492 e. The van der Waals surface area contributed by atoms with Crippen LogP contribution in [0.15, 0.2) is 18.2 Å². The zero-order chi connectivity index (χ0) is 15.4. The van der Waals surface area contributed by atoms with Crippen molar-refractivity contribution in [3.05, 3.63) is 29.3 Å². The van der Waals surface area contributed by atoms with Crippen molar-refractivity contribution < 1.29 is 19.7 Å². The molecule has 22 heavy (non-hydrogen) atoms. The van der Waals surface area contributed by atoms with Crippen molar-refractivity contribution in [3.63, 3.8) is 0 Å². The minimum Gasteiger partial charge on any atom is -0.492 e. The quantitative estimate of drug-likeness (QED) is 0.713. The summed E-state index contributed by atoms with van der Waals surface area (Å²) in [7, 11) is 0. The van der Waals surface area contributed by atoms with Gasteiger partial charge < -0.3 is 25.0 Å². The Bertz CT molecular complexity index is 501. The summed E-state index contributed by atoms with van der Waals surface area (Å²) < 4.78 is 11.3. The molecule has 0 aliphatic carbocycles. The van der Waals surface area contributed by atoms with Crippen LogP contribution in [0.3, 0.4) is 0 Å². The van der Waals surface area contributed by atoms with E-state index >= 15 is 0 Å². The third-order valence-corrected chi connectivity index (χ3v) is 4.13. The van der Waals surface area contributed by atoms with Crippen LogP contribution in [0.5, 0.6) is 5.75 Å². The summed E-state index contributed by atoms with van der Waals surface area (Å²) in [5.41, 5.74) is 1.05. The van der Waals surface area contributed by atoms with E-state index in [4.69, 9.17) is 9.47 Å². The van der Waals surface area contributed by atoms with Gasteiger partial charge >= 0.3 is 0 Å². The molecule has 0 unspecified atom stereocenters. The summed E-state index contributed by atoms with van der Waals surface area (Å²) in [5, 5.41) is 23.2. The van der Waals surface area contributed by atoms with Crippen molar-refractivity contribution >= 4 is 0 Å². The van der Waals surface area contributed by atoms with Crippen LogP contribution in [0.25, 0.3) is 0 Å². The highest BCUT2D eigenvalue weighted by Crippen LogP contribution is 2.25. The van der Waals surface area contributed by atoms with Gasteiger partial charge in [-0.2, -0.15) is 0 Å². The van der Waals surface area contributed by atoms with E-state index in [2.05, 4.69) is 10.2 Å². The van der Waals surface area contributed by atoms with E-state index in [1.165, 1.54) is 0 Å². The Morgan fingerprint density at radius 2 is 2.23 bits per heavy atom. The lowest BCUT2D eigenvalue weighted by Crippen LogP contribution is -2.51. The molecule has 3 N–H and O–H groups in total. The second kappa shape index (κ2) is 6.93. The molecule has 6 heteroatoms. The summed E-state index contributed by atoms with van der Waals surface area (Å²) >= 11 is 0. The van der Waals surface area contributed by atoms with Gasteiger partial charge in [0.2, 0.25) is 0 Å². The number of aliphatic hydroxyl groups is 2. The Kier molecular flexibility index (Phi) is 4.95. The van der Waals surface area contributed by atoms with Crippen LogP contribution in [0.4, 0.5) is 0 Å². The molecule has 1 saturated heterocycles. The molecular formula is C16H24N2O4. The van der Waals surface area contributed by atoms with Crippen LogP contribution in [0.2, 0.25) is 0 Å². The molecule has 6 nitrogen and oxygen atoms in total. The molecule has 0 saturated carbocycles. The Hall–Kier alpha value is -1.18. The number of hydrogen-bond donors (Lipinski definition) is 3. The molecule has 0 bridgehead atoms. The highest BCUT2D eigenvalue weighted by atomic mass is 16.5. The van der Waals surface area contributed by atoms with E-state index in [0.717, 1.165) is 30.0 Å². The molecule has 3 rings (SSSR count). The molecule has 0 spiro atoms. The molecule has 1 atom stereocenters. The van der Waals surface area contributed by atoms with Gasteiger partial charge in [-0.15, -0.1) is 0 Å². The first kappa shape index (κ1) is 15.7. The fourth-order valence-electron chi connectivity index (χ4n) is 3.03. The fourth-order valence-corrected chi connectivity index (χ4v) is 3.03. The predicted octanol–water partition coefficient (Wildman–Crippen LogP) is -0.276. The molecule has 1 aromatic rings. The minimum absolute atomic E-state index is 0.0228. The Morgan fingerprint density at radius 1 is 1.32 bits per heavy atom. The second-order valence-electron chi connectivity index (χ2n) is 6.11. The molecule has 0 radical (unpaired) electrons. The molecule has 0 aromatic heterocycles. The monoisotopic (exact) mass is 308 g/mol. The summed E-state index contributed by atoms with van der Waals surface area (Å²) in [6.07, 6.45) is 0. The average Bonchev–Trinajstić information content (AvgIpc) is 2.84. The van der Waals surface area contributed by atoms with Gasteiger partial charge in [0.25, 0.3) is 0 Å². The molecular weight excluding hydrogens is 284 g/mol. The number of nitrogens with zero attached hydrogens (tertiary/aromatic N) is 1. The lowest BCUT2D eigenvalue weighted by atomic mass is 10.0. The van der Waals surface area contributed by atoms with E-state index in [9.17, 15) is 10.2 Å². The van der Waals surface area contributed by atoms with E-state index < -0.39 is 5.60 Å². The summed E-state index contributed by atoms with van der Waals surface area (Å²) in [6.45, 7) is 4.89. The standard InChI is InChI=1S/C16H24N2O4/c19-9-13-1-2-15-14(7-13)8-18(4-6-22-15)11-16(20)10-17-3-5-21-12-16/h1-2,7,17,19-20H,3-6,8-12H2/t16-/m0/s1. The number of hydrogen-bond acceptors (Lipinski definition) is 6. The molecule has 2 aliphatic rings. The van der Waals surface area contributed by atoms with Crippen molar-refractivity contribution in [1.82, 2.24) is 10.2 Å². The zero-order valence-corrected chi connectivity index (χ0v) is 12.8. The van der Waals surface area contributed by atoms with Gasteiger partial charge in [-0.3, -0.25) is 4.90 Å². The number of benzene rings is 1. The topological polar surface area (TPSA) is 74.2 Å². The molecule has 2 aliphatic heterocycles. The Labute approximate surface area is 130 Å². The average molecular weight is 308 g/mol. The third kappa shape index (κ3) is 3.77. The van der Waals surface area contributed by atoms with E-state index in [1.54, 1.807) is 0 Å². The first-order chi connectivity index (χ1) is 10.7. The van der Waals surface area contributed by atoms with Crippen molar-refractivity contribution in [3.8, 4) is 5.75 Å². The van der Waals surface area contributed by atoms with Crippen LogP contribution in [-0.4, -0.2) is 66.7 Å². The van der Waals surface area contributed by atoms with Gasteiger partial charge in [0, 0.05) is 38.3 Å². The van der Waals surface area contributed by atoms with Crippen LogP contribution in [0, 0.1) is 0 Å². The van der Waals surface area contributed by atoms with E-state index in [-0.39, 0.29) is 6.61 Å².